The van der Waals surface area contributed by atoms with Crippen LogP contribution in [0.15, 0.2) is 36.5 Å². The molecule has 6 heteroatoms. The summed E-state index contributed by atoms with van der Waals surface area (Å²) < 4.78 is 11.5. The zero-order chi connectivity index (χ0) is 40.1. The van der Waals surface area contributed by atoms with E-state index in [2.05, 4.69) is 56.3 Å². The molecule has 0 aromatic carbocycles. The normalized spacial score (nSPS) is 12.4. The van der Waals surface area contributed by atoms with Gasteiger partial charge in [0.25, 0.3) is 0 Å². The molecule has 0 saturated carbocycles. The maximum absolute atomic E-state index is 12.6. The second kappa shape index (κ2) is 44.5. The Bertz CT molecular complexity index is 928. The number of rotatable bonds is 43. The van der Waals surface area contributed by atoms with Crippen molar-refractivity contribution in [1.29, 1.82) is 5.41 Å². The zero-order valence-electron chi connectivity index (χ0n) is 36.7. The van der Waals surface area contributed by atoms with Crippen LogP contribution in [0.3, 0.4) is 0 Å². The molecule has 0 aromatic heterocycles. The quantitative estimate of drug-likeness (QED) is 0.0167. The van der Waals surface area contributed by atoms with Gasteiger partial charge in [0.1, 0.15) is 19.0 Å². The van der Waals surface area contributed by atoms with E-state index in [-0.39, 0.29) is 12.1 Å². The molecule has 0 fully saturated rings. The predicted octanol–water partition coefficient (Wildman–Crippen LogP) is 14.6. The van der Waals surface area contributed by atoms with E-state index >= 15 is 0 Å². The summed E-state index contributed by atoms with van der Waals surface area (Å²) >= 11 is 0. The number of aldehydes is 1. The van der Waals surface area contributed by atoms with Gasteiger partial charge >= 0.3 is 5.97 Å². The molecule has 0 aliphatic carbocycles. The second-order valence-corrected chi connectivity index (χ2v) is 16.2. The topological polar surface area (TPSA) is 79.7 Å². The summed E-state index contributed by atoms with van der Waals surface area (Å²) in [5, 5.41) is 7.90. The highest BCUT2D eigenvalue weighted by Gasteiger charge is 2.14. The standard InChI is InChI=1S/C49H90N2O4/c1-4-5-6-38-46-54-48(50)42-36-32-28-24-20-16-12-9-11-15-19-23-27-31-35-41-47(55-49(53)43-39-44-51(2)3)40-34-30-26-22-18-14-10-7-8-13-17-21-25-29-33-37-45-52/h6-9,12,38,45,47,50H,4-5,10-11,13-37,39-44,46H2,1-3H3/b8-7-,12-9-,38-6-,50-48?. The van der Waals surface area contributed by atoms with Crippen LogP contribution in [-0.2, 0) is 19.1 Å². The third-order valence-electron chi connectivity index (χ3n) is 10.4. The van der Waals surface area contributed by atoms with Crippen LogP contribution in [0, 0.1) is 5.41 Å². The Morgan fingerprint density at radius 1 is 0.527 bits per heavy atom. The minimum atomic E-state index is -0.00692. The van der Waals surface area contributed by atoms with Gasteiger partial charge in [-0.3, -0.25) is 10.2 Å². The maximum Gasteiger partial charge on any atom is 0.306 e. The van der Waals surface area contributed by atoms with Crippen LogP contribution in [-0.4, -0.2) is 56.4 Å². The number of unbranched alkanes of at least 4 members (excludes halogenated alkanes) is 24. The average Bonchev–Trinajstić information content (AvgIpc) is 3.16. The molecule has 1 N–H and O–H groups in total. The van der Waals surface area contributed by atoms with Crippen molar-refractivity contribution in [2.45, 2.75) is 231 Å². The lowest BCUT2D eigenvalue weighted by Crippen LogP contribution is -2.20. The first-order valence-electron chi connectivity index (χ1n) is 23.4. The smallest absolute Gasteiger partial charge is 0.306 e. The summed E-state index contributed by atoms with van der Waals surface area (Å²) in [6.07, 6.45) is 54.0. The number of carbonyl (C=O) groups excluding carboxylic acids is 2. The van der Waals surface area contributed by atoms with Crippen LogP contribution in [0.1, 0.15) is 225 Å². The molecule has 55 heavy (non-hydrogen) atoms. The molecule has 0 amide bonds. The molecule has 0 spiro atoms. The van der Waals surface area contributed by atoms with Crippen molar-refractivity contribution >= 4 is 18.2 Å². The third-order valence-corrected chi connectivity index (χ3v) is 10.4. The monoisotopic (exact) mass is 771 g/mol. The number of nitrogens with zero attached hydrogens (tertiary/aromatic N) is 1. The molecule has 0 rings (SSSR count). The van der Waals surface area contributed by atoms with Gasteiger partial charge in [0, 0.05) is 19.3 Å². The fraction of sp³-hybridized carbons (Fsp3) is 0.816. The van der Waals surface area contributed by atoms with Crippen molar-refractivity contribution < 1.29 is 19.1 Å². The first-order chi connectivity index (χ1) is 27.0. The Morgan fingerprint density at radius 3 is 1.40 bits per heavy atom. The molecule has 0 saturated heterocycles. The van der Waals surface area contributed by atoms with Crippen molar-refractivity contribution in [3.63, 3.8) is 0 Å². The van der Waals surface area contributed by atoms with Gasteiger partial charge < -0.3 is 19.2 Å². The highest BCUT2D eigenvalue weighted by molar-refractivity contribution is 5.72. The molecule has 0 radical (unpaired) electrons. The van der Waals surface area contributed by atoms with Crippen molar-refractivity contribution in [2.24, 2.45) is 0 Å². The number of esters is 1. The molecule has 0 bridgehead atoms. The summed E-state index contributed by atoms with van der Waals surface area (Å²) in [6.45, 7) is 3.64. The van der Waals surface area contributed by atoms with E-state index in [0.717, 1.165) is 83.5 Å². The number of carbonyl (C=O) groups is 2. The lowest BCUT2D eigenvalue weighted by atomic mass is 10.0. The predicted molar refractivity (Wildman–Crippen MR) is 238 cm³/mol. The Balaban J connectivity index is 3.91. The fourth-order valence-electron chi connectivity index (χ4n) is 6.87. The number of nitrogens with one attached hydrogen (secondary N) is 1. The molecular formula is C49H90N2O4. The summed E-state index contributed by atoms with van der Waals surface area (Å²) in [4.78, 5) is 25.1. The maximum atomic E-state index is 12.6. The molecular weight excluding hydrogens is 681 g/mol. The molecule has 6 nitrogen and oxygen atoms in total. The Hall–Kier alpha value is -2.21. The van der Waals surface area contributed by atoms with Crippen molar-refractivity contribution in [2.75, 3.05) is 27.2 Å². The second-order valence-electron chi connectivity index (χ2n) is 16.2. The van der Waals surface area contributed by atoms with E-state index in [0.29, 0.717) is 18.9 Å². The van der Waals surface area contributed by atoms with E-state index in [9.17, 15) is 9.59 Å². The Morgan fingerprint density at radius 2 is 0.945 bits per heavy atom. The number of hydrogen-bond acceptors (Lipinski definition) is 6. The molecule has 0 aliphatic heterocycles. The highest BCUT2D eigenvalue weighted by Crippen LogP contribution is 2.19. The zero-order valence-corrected chi connectivity index (χ0v) is 36.7. The Labute approximate surface area is 341 Å². The summed E-state index contributed by atoms with van der Waals surface area (Å²) in [6, 6.07) is 0. The van der Waals surface area contributed by atoms with Gasteiger partial charge in [0.05, 0.1) is 0 Å². The van der Waals surface area contributed by atoms with Crippen molar-refractivity contribution in [1.82, 2.24) is 4.90 Å². The Kier molecular flexibility index (Phi) is 42.7. The van der Waals surface area contributed by atoms with E-state index < -0.39 is 0 Å². The van der Waals surface area contributed by atoms with E-state index in [1.54, 1.807) is 0 Å². The molecule has 1 unspecified atom stereocenters. The highest BCUT2D eigenvalue weighted by atomic mass is 16.5. The summed E-state index contributed by atoms with van der Waals surface area (Å²) in [5.74, 6) is 0.426. The van der Waals surface area contributed by atoms with Crippen molar-refractivity contribution in [3.05, 3.63) is 36.5 Å². The lowest BCUT2D eigenvalue weighted by Gasteiger charge is -2.18. The summed E-state index contributed by atoms with van der Waals surface area (Å²) in [5.41, 5.74) is 0. The third kappa shape index (κ3) is 44.4. The minimum absolute atomic E-state index is 0.00692. The SMILES string of the molecule is CCC/C=C\COC(=N)CCCCCCC/C=C\CCCCCCCCC(CCCCCCCC/C=C\CCCCCCCC=O)OC(=O)CCCN(C)C. The van der Waals surface area contributed by atoms with Crippen molar-refractivity contribution in [3.8, 4) is 0 Å². The molecule has 0 heterocycles. The van der Waals surface area contributed by atoms with Gasteiger partial charge in [-0.15, -0.1) is 0 Å². The van der Waals surface area contributed by atoms with Crippen LogP contribution in [0.5, 0.6) is 0 Å². The van der Waals surface area contributed by atoms with Crippen LogP contribution >= 0.6 is 0 Å². The molecule has 1 atom stereocenters. The average molecular weight is 771 g/mol. The van der Waals surface area contributed by atoms with Gasteiger partial charge in [-0.25, -0.2) is 0 Å². The lowest BCUT2D eigenvalue weighted by molar-refractivity contribution is -0.150. The van der Waals surface area contributed by atoms with E-state index in [1.165, 1.54) is 141 Å². The molecule has 0 aliphatic rings. The first kappa shape index (κ1) is 52.8. The number of hydrogen-bond donors (Lipinski definition) is 1. The molecule has 320 valence electrons. The summed E-state index contributed by atoms with van der Waals surface area (Å²) in [7, 11) is 4.11. The molecule has 0 aromatic rings. The van der Waals surface area contributed by atoms with Gasteiger partial charge in [-0.05, 0) is 123 Å². The van der Waals surface area contributed by atoms with Crippen LogP contribution < -0.4 is 0 Å². The minimum Gasteiger partial charge on any atom is -0.477 e. The van der Waals surface area contributed by atoms with Gasteiger partial charge in [-0.2, -0.15) is 0 Å². The van der Waals surface area contributed by atoms with Gasteiger partial charge in [0.2, 0.25) is 0 Å². The van der Waals surface area contributed by atoms with Crippen LogP contribution in [0.25, 0.3) is 0 Å². The van der Waals surface area contributed by atoms with Crippen LogP contribution in [0.2, 0.25) is 0 Å². The largest absolute Gasteiger partial charge is 0.477 e. The van der Waals surface area contributed by atoms with Gasteiger partial charge in [0.15, 0.2) is 5.90 Å². The van der Waals surface area contributed by atoms with Gasteiger partial charge in [-0.1, -0.05) is 140 Å². The first-order valence-corrected chi connectivity index (χ1v) is 23.4. The van der Waals surface area contributed by atoms with E-state index in [4.69, 9.17) is 14.9 Å². The number of ether oxygens (including phenoxy) is 2. The van der Waals surface area contributed by atoms with Crippen LogP contribution in [0.4, 0.5) is 0 Å². The fourth-order valence-corrected chi connectivity index (χ4v) is 6.87. The van der Waals surface area contributed by atoms with E-state index in [1.807, 2.05) is 6.08 Å². The number of allylic oxidation sites excluding steroid dienone is 5.